The first-order chi connectivity index (χ1) is 12.2. The average molecular weight is 349 g/mol. The van der Waals surface area contributed by atoms with E-state index >= 15 is 0 Å². The van der Waals surface area contributed by atoms with E-state index in [9.17, 15) is 4.79 Å². The van der Waals surface area contributed by atoms with E-state index in [1.165, 1.54) is 12.8 Å². The van der Waals surface area contributed by atoms with Gasteiger partial charge in [-0.15, -0.1) is 0 Å². The molecule has 1 aliphatic heterocycles. The van der Waals surface area contributed by atoms with E-state index in [-0.39, 0.29) is 12.0 Å². The summed E-state index contributed by atoms with van der Waals surface area (Å²) in [5.41, 5.74) is 0. The molecule has 8 heteroatoms. The maximum absolute atomic E-state index is 11.1. The molecule has 0 unspecified atom stereocenters. The smallest absolute Gasteiger partial charge is 0.322 e. The topological polar surface area (TPSA) is 100 Å². The maximum Gasteiger partial charge on any atom is 0.322 e. The number of hydrogen-bond acceptors (Lipinski definition) is 7. The lowest BCUT2D eigenvalue weighted by molar-refractivity contribution is -0.142. The number of carboxylic acids is 1. The van der Waals surface area contributed by atoms with E-state index < -0.39 is 5.97 Å². The van der Waals surface area contributed by atoms with Gasteiger partial charge in [0.25, 0.3) is 0 Å². The maximum atomic E-state index is 11.1. The Labute approximate surface area is 148 Å². The summed E-state index contributed by atoms with van der Waals surface area (Å²) in [6.45, 7) is 1.91. The van der Waals surface area contributed by atoms with E-state index in [0.29, 0.717) is 30.7 Å². The van der Waals surface area contributed by atoms with Gasteiger partial charge in [-0.25, -0.2) is 0 Å². The Morgan fingerprint density at radius 2 is 1.76 bits per heavy atom. The van der Waals surface area contributed by atoms with Crippen LogP contribution in [0.1, 0.15) is 51.4 Å². The second-order valence-corrected chi connectivity index (χ2v) is 6.88. The van der Waals surface area contributed by atoms with Crippen LogP contribution < -0.4 is 15.0 Å². The van der Waals surface area contributed by atoms with Gasteiger partial charge < -0.3 is 20.1 Å². The zero-order valence-electron chi connectivity index (χ0n) is 14.8. The molecule has 1 aromatic rings. The van der Waals surface area contributed by atoms with Crippen molar-refractivity contribution in [3.8, 4) is 6.01 Å². The fraction of sp³-hybridized carbons (Fsp3) is 0.765. The Balaban J connectivity index is 1.68. The molecule has 0 spiro atoms. The number of carbonyl (C=O) groups is 1. The molecule has 138 valence electrons. The third-order valence-electron chi connectivity index (χ3n) is 5.08. The molecule has 2 aliphatic rings. The zero-order valence-corrected chi connectivity index (χ0v) is 14.8. The number of aliphatic carboxylic acids is 1. The van der Waals surface area contributed by atoms with Crippen LogP contribution in [0, 0.1) is 5.92 Å². The first-order valence-corrected chi connectivity index (χ1v) is 9.20. The predicted molar refractivity (Wildman–Crippen MR) is 94.1 cm³/mol. The van der Waals surface area contributed by atoms with E-state index in [1.807, 2.05) is 0 Å². The number of carboxylic acid groups (broad SMARTS) is 1. The van der Waals surface area contributed by atoms with Crippen molar-refractivity contribution in [2.75, 3.05) is 30.4 Å². The molecule has 1 saturated carbocycles. The number of hydrogen-bond donors (Lipinski definition) is 2. The van der Waals surface area contributed by atoms with E-state index in [1.54, 1.807) is 7.11 Å². The van der Waals surface area contributed by atoms with Crippen LogP contribution in [0.5, 0.6) is 6.01 Å². The lowest BCUT2D eigenvalue weighted by Gasteiger charge is -2.27. The molecular weight excluding hydrogens is 322 g/mol. The predicted octanol–water partition coefficient (Wildman–Crippen LogP) is 2.32. The average Bonchev–Trinajstić information content (AvgIpc) is 2.91. The molecule has 0 aromatic carbocycles. The van der Waals surface area contributed by atoms with Gasteiger partial charge in [-0.05, 0) is 38.5 Å². The van der Waals surface area contributed by atoms with Crippen LogP contribution in [0.4, 0.5) is 11.9 Å². The van der Waals surface area contributed by atoms with Gasteiger partial charge in [0, 0.05) is 19.1 Å². The van der Waals surface area contributed by atoms with Gasteiger partial charge >= 0.3 is 12.0 Å². The minimum absolute atomic E-state index is 0.194. The minimum atomic E-state index is -0.691. The summed E-state index contributed by atoms with van der Waals surface area (Å²) in [6.07, 6.45) is 7.79. The molecule has 2 fully saturated rings. The normalized spacial score (nSPS) is 24.4. The fourth-order valence-electron chi connectivity index (χ4n) is 3.58. The van der Waals surface area contributed by atoms with Crippen molar-refractivity contribution in [3.63, 3.8) is 0 Å². The second-order valence-electron chi connectivity index (χ2n) is 6.88. The number of ether oxygens (including phenoxy) is 1. The molecule has 25 heavy (non-hydrogen) atoms. The molecule has 1 aromatic heterocycles. The highest BCUT2D eigenvalue weighted by molar-refractivity contribution is 5.70. The summed E-state index contributed by atoms with van der Waals surface area (Å²) in [4.78, 5) is 26.6. The molecule has 1 aliphatic carbocycles. The third kappa shape index (κ3) is 4.70. The lowest BCUT2D eigenvalue weighted by atomic mass is 9.86. The SMILES string of the molecule is COc1nc(NC2CCC(C(=O)O)CC2)nc(N2CCCCCC2)n1. The van der Waals surface area contributed by atoms with Crippen molar-refractivity contribution < 1.29 is 14.6 Å². The van der Waals surface area contributed by atoms with Gasteiger partial charge in [0.1, 0.15) is 0 Å². The van der Waals surface area contributed by atoms with Crippen LogP contribution in [0.25, 0.3) is 0 Å². The van der Waals surface area contributed by atoms with Gasteiger partial charge in [-0.1, -0.05) is 12.8 Å². The Morgan fingerprint density at radius 1 is 1.08 bits per heavy atom. The Bertz CT molecular complexity index is 582. The Morgan fingerprint density at radius 3 is 2.36 bits per heavy atom. The number of nitrogens with one attached hydrogen (secondary N) is 1. The van der Waals surface area contributed by atoms with Crippen LogP contribution in [0.2, 0.25) is 0 Å². The molecular formula is C17H27N5O3. The van der Waals surface area contributed by atoms with E-state index in [0.717, 1.165) is 38.8 Å². The number of aromatic nitrogens is 3. The number of methoxy groups -OCH3 is 1. The minimum Gasteiger partial charge on any atom is -0.481 e. The molecule has 2 heterocycles. The molecule has 0 bridgehead atoms. The third-order valence-corrected chi connectivity index (χ3v) is 5.08. The van der Waals surface area contributed by atoms with Crippen molar-refractivity contribution in [2.24, 2.45) is 5.92 Å². The largest absolute Gasteiger partial charge is 0.481 e. The summed E-state index contributed by atoms with van der Waals surface area (Å²) in [5.74, 6) is 0.266. The molecule has 1 saturated heterocycles. The molecule has 0 atom stereocenters. The van der Waals surface area contributed by atoms with Gasteiger partial charge in [-0.2, -0.15) is 15.0 Å². The highest BCUT2D eigenvalue weighted by Crippen LogP contribution is 2.27. The molecule has 0 amide bonds. The lowest BCUT2D eigenvalue weighted by Crippen LogP contribution is -2.31. The molecule has 0 radical (unpaired) electrons. The quantitative estimate of drug-likeness (QED) is 0.835. The van der Waals surface area contributed by atoms with E-state index in [4.69, 9.17) is 9.84 Å². The van der Waals surface area contributed by atoms with E-state index in [2.05, 4.69) is 25.2 Å². The zero-order chi connectivity index (χ0) is 17.6. The van der Waals surface area contributed by atoms with Crippen LogP contribution in [-0.2, 0) is 4.79 Å². The van der Waals surface area contributed by atoms with Crippen LogP contribution >= 0.6 is 0 Å². The standard InChI is InChI=1S/C17H27N5O3/c1-25-17-20-15(18-13-8-6-12(7-9-13)14(23)24)19-16(21-17)22-10-4-2-3-5-11-22/h12-13H,2-11H2,1H3,(H,23,24)(H,18,19,20,21). The first kappa shape index (κ1) is 17.7. The van der Waals surface area contributed by atoms with Gasteiger partial charge in [0.05, 0.1) is 13.0 Å². The molecule has 8 nitrogen and oxygen atoms in total. The number of anilines is 2. The highest BCUT2D eigenvalue weighted by atomic mass is 16.5. The summed E-state index contributed by atoms with van der Waals surface area (Å²) >= 11 is 0. The van der Waals surface area contributed by atoms with Crippen molar-refractivity contribution >= 4 is 17.9 Å². The van der Waals surface area contributed by atoms with Crippen molar-refractivity contribution in [2.45, 2.75) is 57.4 Å². The summed E-state index contributed by atoms with van der Waals surface area (Å²) in [5, 5.41) is 12.5. The summed E-state index contributed by atoms with van der Waals surface area (Å²) in [6, 6.07) is 0.510. The van der Waals surface area contributed by atoms with Crippen molar-refractivity contribution in [1.82, 2.24) is 15.0 Å². The second kappa shape index (κ2) is 8.31. The first-order valence-electron chi connectivity index (χ1n) is 9.20. The number of nitrogens with zero attached hydrogens (tertiary/aromatic N) is 4. The van der Waals surface area contributed by atoms with Gasteiger partial charge in [0.2, 0.25) is 11.9 Å². The molecule has 3 rings (SSSR count). The fourth-order valence-corrected chi connectivity index (χ4v) is 3.58. The number of rotatable bonds is 5. The Kier molecular flexibility index (Phi) is 5.88. The van der Waals surface area contributed by atoms with Crippen molar-refractivity contribution in [3.05, 3.63) is 0 Å². The highest BCUT2D eigenvalue weighted by Gasteiger charge is 2.26. The van der Waals surface area contributed by atoms with Gasteiger partial charge in [-0.3, -0.25) is 4.79 Å². The van der Waals surface area contributed by atoms with Crippen molar-refractivity contribution in [1.29, 1.82) is 0 Å². The van der Waals surface area contributed by atoms with Crippen LogP contribution in [0.15, 0.2) is 0 Å². The van der Waals surface area contributed by atoms with Crippen LogP contribution in [0.3, 0.4) is 0 Å². The summed E-state index contributed by atoms with van der Waals surface area (Å²) in [7, 11) is 1.56. The Hall–Kier alpha value is -2.12. The summed E-state index contributed by atoms with van der Waals surface area (Å²) < 4.78 is 5.25. The molecule has 2 N–H and O–H groups in total. The van der Waals surface area contributed by atoms with Crippen LogP contribution in [-0.4, -0.2) is 52.3 Å². The van der Waals surface area contributed by atoms with Gasteiger partial charge in [0.15, 0.2) is 0 Å². The monoisotopic (exact) mass is 349 g/mol.